The third kappa shape index (κ3) is 2.56. The summed E-state index contributed by atoms with van der Waals surface area (Å²) in [4.78, 5) is 10.4. The second kappa shape index (κ2) is 3.58. The fourth-order valence-corrected chi connectivity index (χ4v) is 1.19. The van der Waals surface area contributed by atoms with Crippen LogP contribution in [0.3, 0.4) is 0 Å². The highest BCUT2D eigenvalue weighted by atomic mass is 16.4. The van der Waals surface area contributed by atoms with Crippen LogP contribution in [0.25, 0.3) is 0 Å². The average Bonchev–Trinajstić information content (AvgIpc) is 2.04. The Balaban J connectivity index is 2.87. The molecular formula is C10H12O3. The Bertz CT molecular complexity index is 290. The van der Waals surface area contributed by atoms with Gasteiger partial charge in [0.1, 0.15) is 0 Å². The highest BCUT2D eigenvalue weighted by molar-refractivity contribution is 5.68. The second-order valence-corrected chi connectivity index (χ2v) is 3.21. The maximum atomic E-state index is 10.4. The molecule has 1 rings (SSSR count). The van der Waals surface area contributed by atoms with E-state index in [0.29, 0.717) is 5.56 Å². The summed E-state index contributed by atoms with van der Waals surface area (Å²) < 4.78 is 0. The molecule has 1 aromatic carbocycles. The van der Waals surface area contributed by atoms with Gasteiger partial charge in [0.25, 0.3) is 0 Å². The van der Waals surface area contributed by atoms with Crippen LogP contribution in [0.5, 0.6) is 0 Å². The summed E-state index contributed by atoms with van der Waals surface area (Å²) >= 11 is 0. The van der Waals surface area contributed by atoms with Crippen LogP contribution < -0.4 is 0 Å². The smallest absolute Gasteiger partial charge is 0.306 e. The maximum absolute atomic E-state index is 10.4. The van der Waals surface area contributed by atoms with Gasteiger partial charge in [0.05, 0.1) is 12.0 Å². The maximum Gasteiger partial charge on any atom is 0.306 e. The zero-order valence-electron chi connectivity index (χ0n) is 7.40. The highest BCUT2D eigenvalue weighted by Gasteiger charge is 2.25. The van der Waals surface area contributed by atoms with E-state index >= 15 is 0 Å². The van der Waals surface area contributed by atoms with Crippen LogP contribution in [0.2, 0.25) is 0 Å². The van der Waals surface area contributed by atoms with Crippen LogP contribution in [0.4, 0.5) is 0 Å². The number of hydrogen-bond acceptors (Lipinski definition) is 2. The Morgan fingerprint density at radius 2 is 1.92 bits per heavy atom. The minimum atomic E-state index is -1.28. The topological polar surface area (TPSA) is 57.5 Å². The molecular weight excluding hydrogens is 168 g/mol. The Kier molecular flexibility index (Phi) is 2.68. The predicted octanol–water partition coefficient (Wildman–Crippen LogP) is 1.37. The molecule has 70 valence electrons. The number of hydrogen-bond donors (Lipinski definition) is 2. The second-order valence-electron chi connectivity index (χ2n) is 3.21. The third-order valence-electron chi connectivity index (χ3n) is 1.89. The van der Waals surface area contributed by atoms with E-state index in [1.54, 1.807) is 24.3 Å². The van der Waals surface area contributed by atoms with Gasteiger partial charge in [-0.1, -0.05) is 30.3 Å². The molecule has 2 N–H and O–H groups in total. The van der Waals surface area contributed by atoms with E-state index < -0.39 is 11.6 Å². The van der Waals surface area contributed by atoms with Gasteiger partial charge in [0.2, 0.25) is 0 Å². The lowest BCUT2D eigenvalue weighted by Gasteiger charge is -2.21. The SMILES string of the molecule is C[C@](O)(CC(=O)O)c1ccccc1. The summed E-state index contributed by atoms with van der Waals surface area (Å²) in [6.45, 7) is 1.50. The minimum Gasteiger partial charge on any atom is -0.481 e. The van der Waals surface area contributed by atoms with E-state index in [1.807, 2.05) is 6.07 Å². The van der Waals surface area contributed by atoms with E-state index in [0.717, 1.165) is 0 Å². The largest absolute Gasteiger partial charge is 0.481 e. The van der Waals surface area contributed by atoms with Crippen LogP contribution >= 0.6 is 0 Å². The summed E-state index contributed by atoms with van der Waals surface area (Å²) in [5.41, 5.74) is -0.662. The zero-order chi connectivity index (χ0) is 9.90. The van der Waals surface area contributed by atoms with E-state index in [-0.39, 0.29) is 6.42 Å². The summed E-state index contributed by atoms with van der Waals surface area (Å²) in [6, 6.07) is 8.78. The van der Waals surface area contributed by atoms with E-state index in [4.69, 9.17) is 5.11 Å². The number of carboxylic acid groups (broad SMARTS) is 1. The normalized spacial score (nSPS) is 14.9. The molecule has 0 saturated heterocycles. The minimum absolute atomic E-state index is 0.281. The lowest BCUT2D eigenvalue weighted by Crippen LogP contribution is -2.24. The first-order valence-electron chi connectivity index (χ1n) is 4.02. The van der Waals surface area contributed by atoms with Gasteiger partial charge in [-0.05, 0) is 12.5 Å². The quantitative estimate of drug-likeness (QED) is 0.738. The molecule has 0 bridgehead atoms. The molecule has 1 aromatic rings. The van der Waals surface area contributed by atoms with Crippen LogP contribution in [-0.4, -0.2) is 16.2 Å². The molecule has 3 heteroatoms. The van der Waals surface area contributed by atoms with Gasteiger partial charge < -0.3 is 10.2 Å². The summed E-state index contributed by atoms with van der Waals surface area (Å²) in [5, 5.41) is 18.3. The molecule has 0 amide bonds. The molecule has 0 radical (unpaired) electrons. The van der Waals surface area contributed by atoms with E-state index in [2.05, 4.69) is 0 Å². The lowest BCUT2D eigenvalue weighted by molar-refractivity contribution is -0.142. The van der Waals surface area contributed by atoms with Crippen molar-refractivity contribution in [2.24, 2.45) is 0 Å². The van der Waals surface area contributed by atoms with Gasteiger partial charge in [0.15, 0.2) is 0 Å². The van der Waals surface area contributed by atoms with Crippen molar-refractivity contribution in [1.82, 2.24) is 0 Å². The molecule has 0 unspecified atom stereocenters. The van der Waals surface area contributed by atoms with Crippen LogP contribution in [0.15, 0.2) is 30.3 Å². The number of rotatable bonds is 3. The number of carboxylic acids is 1. The van der Waals surface area contributed by atoms with Crippen molar-refractivity contribution in [2.45, 2.75) is 18.9 Å². The fourth-order valence-electron chi connectivity index (χ4n) is 1.19. The standard InChI is InChI=1S/C10H12O3/c1-10(13,7-9(11)12)8-5-3-2-4-6-8/h2-6,13H,7H2,1H3,(H,11,12)/t10-/m0/s1. The summed E-state index contributed by atoms with van der Waals surface area (Å²) in [6.07, 6.45) is -0.281. The molecule has 1 atom stereocenters. The molecule has 0 aliphatic heterocycles. The number of carbonyl (C=O) groups is 1. The molecule has 0 aromatic heterocycles. The Morgan fingerprint density at radius 3 is 2.38 bits per heavy atom. The number of aliphatic hydroxyl groups is 1. The lowest BCUT2D eigenvalue weighted by atomic mass is 9.93. The Morgan fingerprint density at radius 1 is 1.38 bits per heavy atom. The van der Waals surface area contributed by atoms with Crippen LogP contribution in [0, 0.1) is 0 Å². The van der Waals surface area contributed by atoms with Crippen molar-refractivity contribution in [3.05, 3.63) is 35.9 Å². The number of benzene rings is 1. The Labute approximate surface area is 76.6 Å². The van der Waals surface area contributed by atoms with Gasteiger partial charge in [0, 0.05) is 0 Å². The number of aliphatic carboxylic acids is 1. The first-order valence-corrected chi connectivity index (χ1v) is 4.02. The van der Waals surface area contributed by atoms with Crippen molar-refractivity contribution in [3.8, 4) is 0 Å². The van der Waals surface area contributed by atoms with Crippen molar-refractivity contribution in [3.63, 3.8) is 0 Å². The van der Waals surface area contributed by atoms with Gasteiger partial charge >= 0.3 is 5.97 Å². The predicted molar refractivity (Wildman–Crippen MR) is 48.3 cm³/mol. The molecule has 0 heterocycles. The summed E-state index contributed by atoms with van der Waals surface area (Å²) in [7, 11) is 0. The molecule has 3 nitrogen and oxygen atoms in total. The Hall–Kier alpha value is -1.35. The van der Waals surface area contributed by atoms with Crippen molar-refractivity contribution >= 4 is 5.97 Å². The van der Waals surface area contributed by atoms with Gasteiger partial charge in [-0.25, -0.2) is 0 Å². The van der Waals surface area contributed by atoms with Crippen molar-refractivity contribution in [2.75, 3.05) is 0 Å². The fraction of sp³-hybridized carbons (Fsp3) is 0.300. The van der Waals surface area contributed by atoms with Gasteiger partial charge in [-0.2, -0.15) is 0 Å². The monoisotopic (exact) mass is 180 g/mol. The first kappa shape index (κ1) is 9.74. The van der Waals surface area contributed by atoms with Crippen molar-refractivity contribution < 1.29 is 15.0 Å². The first-order chi connectivity index (χ1) is 6.02. The zero-order valence-corrected chi connectivity index (χ0v) is 7.40. The molecule has 0 fully saturated rings. The average molecular weight is 180 g/mol. The highest BCUT2D eigenvalue weighted by Crippen LogP contribution is 2.23. The van der Waals surface area contributed by atoms with Gasteiger partial charge in [-0.3, -0.25) is 4.79 Å². The third-order valence-corrected chi connectivity index (χ3v) is 1.89. The van der Waals surface area contributed by atoms with E-state index in [1.165, 1.54) is 6.92 Å². The molecule has 0 spiro atoms. The van der Waals surface area contributed by atoms with Crippen molar-refractivity contribution in [1.29, 1.82) is 0 Å². The van der Waals surface area contributed by atoms with E-state index in [9.17, 15) is 9.90 Å². The van der Waals surface area contributed by atoms with Gasteiger partial charge in [-0.15, -0.1) is 0 Å². The molecule has 13 heavy (non-hydrogen) atoms. The summed E-state index contributed by atoms with van der Waals surface area (Å²) in [5.74, 6) is -1.01. The van der Waals surface area contributed by atoms with Crippen LogP contribution in [0.1, 0.15) is 18.9 Å². The molecule has 0 aliphatic rings. The molecule has 0 saturated carbocycles. The van der Waals surface area contributed by atoms with Crippen LogP contribution in [-0.2, 0) is 10.4 Å². The molecule has 0 aliphatic carbocycles.